The number of nitrogens with one attached hydrogen (secondary N) is 1. The Morgan fingerprint density at radius 2 is 2.16 bits per heavy atom. The van der Waals surface area contributed by atoms with E-state index < -0.39 is 28.5 Å². The fraction of sp³-hybridized carbons (Fsp3) is 0.500. The molecule has 108 valence electrons. The van der Waals surface area contributed by atoms with Gasteiger partial charge in [-0.15, -0.1) is 0 Å². The number of aliphatic hydroxyl groups is 1. The SMILES string of the molecule is CCCCS(=O)(=O)NC(CO)c1ccc(Cl)c(F)c1. The summed E-state index contributed by atoms with van der Waals surface area (Å²) >= 11 is 5.55. The molecule has 0 aliphatic rings. The molecule has 1 atom stereocenters. The number of hydrogen-bond donors (Lipinski definition) is 2. The van der Waals surface area contributed by atoms with Gasteiger partial charge in [0.15, 0.2) is 0 Å². The summed E-state index contributed by atoms with van der Waals surface area (Å²) < 4.78 is 39.2. The Balaban J connectivity index is 2.86. The molecule has 19 heavy (non-hydrogen) atoms. The summed E-state index contributed by atoms with van der Waals surface area (Å²) in [5.74, 6) is -0.666. The van der Waals surface area contributed by atoms with E-state index in [1.54, 1.807) is 0 Å². The molecule has 1 aromatic carbocycles. The quantitative estimate of drug-likeness (QED) is 0.811. The maximum atomic E-state index is 13.3. The smallest absolute Gasteiger partial charge is 0.212 e. The Morgan fingerprint density at radius 1 is 1.47 bits per heavy atom. The zero-order chi connectivity index (χ0) is 14.5. The van der Waals surface area contributed by atoms with Crippen LogP contribution in [0.25, 0.3) is 0 Å². The molecule has 0 spiro atoms. The molecule has 7 heteroatoms. The predicted octanol–water partition coefficient (Wildman–Crippen LogP) is 2.23. The standard InChI is InChI=1S/C12H17ClFNO3S/c1-2-3-6-19(17,18)15-12(8-16)9-4-5-10(13)11(14)7-9/h4-5,7,12,15-16H,2-3,6,8H2,1H3. The van der Waals surface area contributed by atoms with Crippen molar-refractivity contribution in [3.8, 4) is 0 Å². The van der Waals surface area contributed by atoms with Crippen LogP contribution in [0, 0.1) is 5.82 Å². The van der Waals surface area contributed by atoms with Crippen molar-refractivity contribution in [2.24, 2.45) is 0 Å². The van der Waals surface area contributed by atoms with Crippen molar-refractivity contribution in [1.29, 1.82) is 0 Å². The van der Waals surface area contributed by atoms with Gasteiger partial charge >= 0.3 is 0 Å². The Hall–Kier alpha value is -0.690. The van der Waals surface area contributed by atoms with Gasteiger partial charge in [0, 0.05) is 0 Å². The number of hydrogen-bond acceptors (Lipinski definition) is 3. The van der Waals surface area contributed by atoms with E-state index in [2.05, 4.69) is 4.72 Å². The molecular formula is C12H17ClFNO3S. The highest BCUT2D eigenvalue weighted by atomic mass is 35.5. The Morgan fingerprint density at radius 3 is 2.68 bits per heavy atom. The Kier molecular flexibility index (Phi) is 6.19. The van der Waals surface area contributed by atoms with Crippen molar-refractivity contribution in [2.45, 2.75) is 25.8 Å². The third-order valence-corrected chi connectivity index (χ3v) is 4.39. The van der Waals surface area contributed by atoms with Gasteiger partial charge in [0.05, 0.1) is 23.4 Å². The molecule has 0 bridgehead atoms. The van der Waals surface area contributed by atoms with Crippen LogP contribution in [0.5, 0.6) is 0 Å². The highest BCUT2D eigenvalue weighted by Crippen LogP contribution is 2.20. The second-order valence-electron chi connectivity index (χ2n) is 4.20. The number of halogens is 2. The monoisotopic (exact) mass is 309 g/mol. The summed E-state index contributed by atoms with van der Waals surface area (Å²) in [6.45, 7) is 1.43. The third-order valence-electron chi connectivity index (χ3n) is 2.62. The van der Waals surface area contributed by atoms with Crippen LogP contribution in [-0.4, -0.2) is 25.9 Å². The summed E-state index contributed by atoms with van der Waals surface area (Å²) in [6, 6.07) is 3.06. The average Bonchev–Trinajstić information content (AvgIpc) is 2.37. The van der Waals surface area contributed by atoms with Gasteiger partial charge in [0.2, 0.25) is 10.0 Å². The van der Waals surface area contributed by atoms with Gasteiger partial charge in [-0.3, -0.25) is 0 Å². The van der Waals surface area contributed by atoms with Crippen LogP contribution in [0.3, 0.4) is 0 Å². The lowest BCUT2D eigenvalue weighted by Crippen LogP contribution is -2.32. The first-order valence-electron chi connectivity index (χ1n) is 5.95. The van der Waals surface area contributed by atoms with Crippen LogP contribution in [0.4, 0.5) is 4.39 Å². The Labute approximate surface area is 117 Å². The van der Waals surface area contributed by atoms with E-state index >= 15 is 0 Å². The van der Waals surface area contributed by atoms with E-state index in [-0.39, 0.29) is 10.8 Å². The highest BCUT2D eigenvalue weighted by Gasteiger charge is 2.19. The molecule has 0 aliphatic carbocycles. The van der Waals surface area contributed by atoms with Gasteiger partial charge in [0.25, 0.3) is 0 Å². The van der Waals surface area contributed by atoms with Crippen LogP contribution >= 0.6 is 11.6 Å². The van der Waals surface area contributed by atoms with Gasteiger partial charge in [-0.25, -0.2) is 17.5 Å². The number of rotatable bonds is 7. The lowest BCUT2D eigenvalue weighted by molar-refractivity contribution is 0.258. The fourth-order valence-corrected chi connectivity index (χ4v) is 3.10. The van der Waals surface area contributed by atoms with Crippen molar-refractivity contribution in [2.75, 3.05) is 12.4 Å². The van der Waals surface area contributed by atoms with Crippen molar-refractivity contribution < 1.29 is 17.9 Å². The van der Waals surface area contributed by atoms with E-state index in [1.807, 2.05) is 6.92 Å². The first-order valence-corrected chi connectivity index (χ1v) is 7.98. The molecule has 0 amide bonds. The van der Waals surface area contributed by atoms with Gasteiger partial charge in [-0.2, -0.15) is 0 Å². The molecular weight excluding hydrogens is 293 g/mol. The van der Waals surface area contributed by atoms with Gasteiger partial charge in [-0.1, -0.05) is 31.0 Å². The molecule has 1 unspecified atom stereocenters. The second-order valence-corrected chi connectivity index (χ2v) is 6.48. The summed E-state index contributed by atoms with van der Waals surface area (Å²) in [6.07, 6.45) is 1.28. The molecule has 0 saturated carbocycles. The molecule has 4 nitrogen and oxygen atoms in total. The van der Waals surface area contributed by atoms with Crippen LogP contribution in [0.2, 0.25) is 5.02 Å². The van der Waals surface area contributed by atoms with Gasteiger partial charge < -0.3 is 5.11 Å². The first kappa shape index (κ1) is 16.4. The Bertz CT molecular complexity index is 522. The minimum Gasteiger partial charge on any atom is -0.394 e. The van der Waals surface area contributed by atoms with E-state index in [4.69, 9.17) is 11.6 Å². The minimum absolute atomic E-state index is 0.0178. The normalized spacial score (nSPS) is 13.5. The molecule has 0 aliphatic heterocycles. The maximum Gasteiger partial charge on any atom is 0.212 e. The predicted molar refractivity (Wildman–Crippen MR) is 73.1 cm³/mol. The van der Waals surface area contributed by atoms with Crippen LogP contribution in [0.15, 0.2) is 18.2 Å². The zero-order valence-corrected chi connectivity index (χ0v) is 12.1. The number of sulfonamides is 1. The molecule has 0 radical (unpaired) electrons. The first-order chi connectivity index (χ1) is 8.89. The zero-order valence-electron chi connectivity index (χ0n) is 10.6. The summed E-state index contributed by atoms with van der Waals surface area (Å²) in [5.41, 5.74) is 0.337. The van der Waals surface area contributed by atoms with E-state index in [9.17, 15) is 17.9 Å². The number of benzene rings is 1. The van der Waals surface area contributed by atoms with Crippen LogP contribution < -0.4 is 4.72 Å². The van der Waals surface area contributed by atoms with E-state index in [0.717, 1.165) is 12.5 Å². The topological polar surface area (TPSA) is 66.4 Å². The van der Waals surface area contributed by atoms with Gasteiger partial charge in [0.1, 0.15) is 5.82 Å². The number of unbranched alkanes of at least 4 members (excludes halogenated alkanes) is 1. The van der Waals surface area contributed by atoms with E-state index in [0.29, 0.717) is 12.0 Å². The largest absolute Gasteiger partial charge is 0.394 e. The van der Waals surface area contributed by atoms with Crippen molar-refractivity contribution in [3.05, 3.63) is 34.6 Å². The van der Waals surface area contributed by atoms with Gasteiger partial charge in [-0.05, 0) is 24.1 Å². The molecule has 0 fully saturated rings. The second kappa shape index (κ2) is 7.19. The van der Waals surface area contributed by atoms with Crippen molar-refractivity contribution in [3.63, 3.8) is 0 Å². The number of aliphatic hydroxyl groups excluding tert-OH is 1. The molecule has 1 aromatic rings. The van der Waals surface area contributed by atoms with Crippen molar-refractivity contribution >= 4 is 21.6 Å². The molecule has 0 heterocycles. The molecule has 0 saturated heterocycles. The van der Waals surface area contributed by atoms with Crippen molar-refractivity contribution in [1.82, 2.24) is 4.72 Å². The maximum absolute atomic E-state index is 13.3. The molecule has 1 rings (SSSR count). The minimum atomic E-state index is -3.49. The lowest BCUT2D eigenvalue weighted by Gasteiger charge is -2.17. The molecule has 2 N–H and O–H groups in total. The summed E-state index contributed by atoms with van der Waals surface area (Å²) in [7, 11) is -3.49. The lowest BCUT2D eigenvalue weighted by atomic mass is 10.1. The molecule has 0 aromatic heterocycles. The van der Waals surface area contributed by atoms with E-state index in [1.165, 1.54) is 12.1 Å². The summed E-state index contributed by atoms with van der Waals surface area (Å²) in [4.78, 5) is 0. The summed E-state index contributed by atoms with van der Waals surface area (Å²) in [5, 5.41) is 9.20. The van der Waals surface area contributed by atoms with Crippen LogP contribution in [-0.2, 0) is 10.0 Å². The third kappa shape index (κ3) is 5.06. The fourth-order valence-electron chi connectivity index (χ4n) is 1.55. The van der Waals surface area contributed by atoms with Crippen LogP contribution in [0.1, 0.15) is 31.4 Å². The highest BCUT2D eigenvalue weighted by molar-refractivity contribution is 7.89. The average molecular weight is 310 g/mol.